The summed E-state index contributed by atoms with van der Waals surface area (Å²) in [5.41, 5.74) is -0.269. The molecule has 0 saturated heterocycles. The van der Waals surface area contributed by atoms with Crippen LogP contribution < -0.4 is 0 Å². The van der Waals surface area contributed by atoms with Crippen LogP contribution in [0.5, 0.6) is 0 Å². The molecule has 3 nitrogen and oxygen atoms in total. The molecule has 0 aromatic carbocycles. The molecule has 3 aliphatic carbocycles. The second-order valence-corrected chi connectivity index (χ2v) is 7.47. The molecule has 0 bridgehead atoms. The predicted octanol–water partition coefficient (Wildman–Crippen LogP) is 2.30. The van der Waals surface area contributed by atoms with Crippen molar-refractivity contribution < 1.29 is 15.0 Å². The van der Waals surface area contributed by atoms with E-state index in [1.165, 1.54) is 25.7 Å². The molecule has 0 aromatic heterocycles. The molecule has 0 heterocycles. The summed E-state index contributed by atoms with van der Waals surface area (Å²) in [6.07, 6.45) is 6.68. The quantitative estimate of drug-likeness (QED) is 0.767. The van der Waals surface area contributed by atoms with Gasteiger partial charge < -0.3 is 10.2 Å². The standard InChI is InChI=1S/C18H26O3/c1-18-9-8-16(20)14(15(18)11-17(18)21)7-6-13(19)10-12-4-2-3-5-12/h12-16,19-20H,2-5,8-11H2,1H3/t13-,14-,15-,16-,18+/m1/s1. The van der Waals surface area contributed by atoms with E-state index in [0.717, 1.165) is 12.8 Å². The van der Waals surface area contributed by atoms with Crippen molar-refractivity contribution in [1.82, 2.24) is 0 Å². The number of Topliss-reactive ketones (excluding diaryl/α,β-unsaturated/α-hetero) is 1. The Labute approximate surface area is 127 Å². The molecule has 5 atom stereocenters. The zero-order chi connectivity index (χ0) is 15.0. The zero-order valence-electron chi connectivity index (χ0n) is 12.8. The first-order valence-corrected chi connectivity index (χ1v) is 8.41. The van der Waals surface area contributed by atoms with Crippen LogP contribution in [-0.4, -0.2) is 28.2 Å². The first-order chi connectivity index (χ1) is 10.0. The number of hydrogen-bond acceptors (Lipinski definition) is 3. The molecule has 2 N–H and O–H groups in total. The lowest BCUT2D eigenvalue weighted by molar-refractivity contribution is -0.156. The Morgan fingerprint density at radius 1 is 1.33 bits per heavy atom. The molecule has 0 unspecified atom stereocenters. The molecule has 3 saturated carbocycles. The number of rotatable bonds is 2. The Hall–Kier alpha value is -0.850. The summed E-state index contributed by atoms with van der Waals surface area (Å²) >= 11 is 0. The Morgan fingerprint density at radius 2 is 2.05 bits per heavy atom. The summed E-state index contributed by atoms with van der Waals surface area (Å²) in [5.74, 6) is 7.05. The third-order valence-electron chi connectivity index (χ3n) is 6.12. The molecule has 3 aliphatic rings. The van der Waals surface area contributed by atoms with Gasteiger partial charge >= 0.3 is 0 Å². The second kappa shape index (κ2) is 5.74. The minimum Gasteiger partial charge on any atom is -0.392 e. The fraction of sp³-hybridized carbons (Fsp3) is 0.833. The fourth-order valence-electron chi connectivity index (χ4n) is 4.49. The Bertz CT molecular complexity index is 469. The summed E-state index contributed by atoms with van der Waals surface area (Å²) < 4.78 is 0. The highest BCUT2D eigenvalue weighted by molar-refractivity contribution is 5.91. The van der Waals surface area contributed by atoms with Gasteiger partial charge in [0.15, 0.2) is 0 Å². The van der Waals surface area contributed by atoms with Crippen molar-refractivity contribution in [2.45, 2.75) is 70.5 Å². The number of carbonyl (C=O) groups excluding carboxylic acids is 1. The van der Waals surface area contributed by atoms with Gasteiger partial charge in [-0.2, -0.15) is 0 Å². The number of hydrogen-bond donors (Lipinski definition) is 2. The fourth-order valence-corrected chi connectivity index (χ4v) is 4.49. The van der Waals surface area contributed by atoms with Crippen molar-refractivity contribution in [2.24, 2.45) is 23.2 Å². The van der Waals surface area contributed by atoms with E-state index in [2.05, 4.69) is 11.8 Å². The third-order valence-corrected chi connectivity index (χ3v) is 6.12. The number of fused-ring (bicyclic) bond motifs is 1. The number of ketones is 1. The maximum Gasteiger partial charge on any atom is 0.139 e. The van der Waals surface area contributed by atoms with Crippen molar-refractivity contribution in [3.8, 4) is 11.8 Å². The van der Waals surface area contributed by atoms with Gasteiger partial charge in [-0.3, -0.25) is 4.79 Å². The van der Waals surface area contributed by atoms with E-state index < -0.39 is 12.2 Å². The van der Waals surface area contributed by atoms with Crippen LogP contribution in [0.2, 0.25) is 0 Å². The van der Waals surface area contributed by atoms with Crippen LogP contribution in [0.3, 0.4) is 0 Å². The summed E-state index contributed by atoms with van der Waals surface area (Å²) in [6.45, 7) is 2.01. The highest BCUT2D eigenvalue weighted by Gasteiger charge is 2.57. The zero-order valence-corrected chi connectivity index (χ0v) is 12.8. The molecule has 0 aromatic rings. The van der Waals surface area contributed by atoms with Crippen molar-refractivity contribution in [2.75, 3.05) is 0 Å². The normalized spacial score (nSPS) is 40.9. The lowest BCUT2D eigenvalue weighted by Gasteiger charge is -2.52. The van der Waals surface area contributed by atoms with Gasteiger partial charge in [-0.15, -0.1) is 0 Å². The van der Waals surface area contributed by atoms with Gasteiger partial charge in [-0.1, -0.05) is 44.4 Å². The second-order valence-electron chi connectivity index (χ2n) is 7.47. The van der Waals surface area contributed by atoms with Crippen LogP contribution in [-0.2, 0) is 4.79 Å². The maximum atomic E-state index is 11.8. The molecular weight excluding hydrogens is 264 g/mol. The lowest BCUT2D eigenvalue weighted by Crippen LogP contribution is -2.56. The van der Waals surface area contributed by atoms with Gasteiger partial charge in [0, 0.05) is 11.8 Å². The monoisotopic (exact) mass is 290 g/mol. The SMILES string of the molecule is C[C@]12CC[C@@H](O)[C@H](C#C[C@@H](O)CC3CCCC3)[C@H]1CC2=O. The number of aliphatic hydroxyl groups is 2. The molecule has 3 heteroatoms. The van der Waals surface area contributed by atoms with E-state index in [1.54, 1.807) is 0 Å². The molecule has 0 radical (unpaired) electrons. The Balaban J connectivity index is 1.63. The van der Waals surface area contributed by atoms with Crippen molar-refractivity contribution in [1.29, 1.82) is 0 Å². The maximum absolute atomic E-state index is 11.8. The van der Waals surface area contributed by atoms with Gasteiger partial charge in [0.2, 0.25) is 0 Å². The number of aliphatic hydroxyl groups excluding tert-OH is 2. The molecule has 21 heavy (non-hydrogen) atoms. The highest BCUT2D eigenvalue weighted by Crippen LogP contribution is 2.54. The summed E-state index contributed by atoms with van der Waals surface area (Å²) in [5, 5.41) is 20.3. The molecule has 3 rings (SSSR count). The van der Waals surface area contributed by atoms with Crippen LogP contribution in [0.4, 0.5) is 0 Å². The predicted molar refractivity (Wildman–Crippen MR) is 80.3 cm³/mol. The average molecular weight is 290 g/mol. The van der Waals surface area contributed by atoms with E-state index in [4.69, 9.17) is 0 Å². The topological polar surface area (TPSA) is 57.5 Å². The summed E-state index contributed by atoms with van der Waals surface area (Å²) in [7, 11) is 0. The Morgan fingerprint density at radius 3 is 2.71 bits per heavy atom. The molecule has 3 fully saturated rings. The smallest absolute Gasteiger partial charge is 0.139 e. The van der Waals surface area contributed by atoms with Crippen LogP contribution in [0, 0.1) is 35.0 Å². The van der Waals surface area contributed by atoms with Crippen LogP contribution in [0.25, 0.3) is 0 Å². The van der Waals surface area contributed by atoms with E-state index >= 15 is 0 Å². The van der Waals surface area contributed by atoms with E-state index in [0.29, 0.717) is 24.5 Å². The van der Waals surface area contributed by atoms with Gasteiger partial charge in [0.05, 0.1) is 12.0 Å². The van der Waals surface area contributed by atoms with E-state index in [1.807, 2.05) is 6.92 Å². The van der Waals surface area contributed by atoms with Crippen molar-refractivity contribution in [3.63, 3.8) is 0 Å². The van der Waals surface area contributed by atoms with Gasteiger partial charge in [0.25, 0.3) is 0 Å². The third kappa shape index (κ3) is 2.76. The minimum absolute atomic E-state index is 0.139. The molecule has 0 aliphatic heterocycles. The highest BCUT2D eigenvalue weighted by atomic mass is 16.3. The van der Waals surface area contributed by atoms with Crippen molar-refractivity contribution in [3.05, 3.63) is 0 Å². The van der Waals surface area contributed by atoms with Gasteiger partial charge in [0.1, 0.15) is 11.9 Å². The lowest BCUT2D eigenvalue weighted by atomic mass is 9.50. The van der Waals surface area contributed by atoms with Crippen LogP contribution in [0.15, 0.2) is 0 Å². The van der Waals surface area contributed by atoms with Gasteiger partial charge in [-0.25, -0.2) is 0 Å². The molecule has 0 amide bonds. The van der Waals surface area contributed by atoms with Gasteiger partial charge in [-0.05, 0) is 31.1 Å². The molecule has 0 spiro atoms. The van der Waals surface area contributed by atoms with E-state index in [9.17, 15) is 15.0 Å². The van der Waals surface area contributed by atoms with E-state index in [-0.39, 0.29) is 17.3 Å². The minimum atomic E-state index is -0.579. The first-order valence-electron chi connectivity index (χ1n) is 8.41. The summed E-state index contributed by atoms with van der Waals surface area (Å²) in [6, 6.07) is 0. The van der Waals surface area contributed by atoms with Crippen molar-refractivity contribution >= 4 is 5.78 Å². The molecular formula is C18H26O3. The largest absolute Gasteiger partial charge is 0.392 e. The van der Waals surface area contributed by atoms with Crippen LogP contribution >= 0.6 is 0 Å². The summed E-state index contributed by atoms with van der Waals surface area (Å²) in [4.78, 5) is 11.8. The Kier molecular flexibility index (Phi) is 4.12. The first kappa shape index (κ1) is 15.1. The number of carbonyl (C=O) groups is 1. The average Bonchev–Trinajstić information content (AvgIpc) is 2.95. The molecule has 116 valence electrons. The van der Waals surface area contributed by atoms with Crippen LogP contribution in [0.1, 0.15) is 58.3 Å².